The van der Waals surface area contributed by atoms with Crippen LogP contribution in [0.5, 0.6) is 0 Å². The van der Waals surface area contributed by atoms with E-state index in [9.17, 15) is 4.39 Å². The van der Waals surface area contributed by atoms with E-state index < -0.39 is 5.82 Å². The monoisotopic (exact) mass is 224 g/mol. The van der Waals surface area contributed by atoms with Crippen molar-refractivity contribution in [1.82, 2.24) is 4.98 Å². The lowest BCUT2D eigenvalue weighted by molar-refractivity contribution is 0.278. The average Bonchev–Trinajstić information content (AvgIpc) is 2.67. The van der Waals surface area contributed by atoms with Gasteiger partial charge in [0.2, 0.25) is 0 Å². The molecule has 0 aliphatic rings. The van der Waals surface area contributed by atoms with Crippen molar-refractivity contribution in [2.24, 2.45) is 0 Å². The van der Waals surface area contributed by atoms with E-state index in [1.807, 2.05) is 6.07 Å². The van der Waals surface area contributed by atoms with Crippen LogP contribution in [0.2, 0.25) is 5.02 Å². The van der Waals surface area contributed by atoms with Gasteiger partial charge in [-0.15, -0.1) is 0 Å². The molecule has 0 amide bonds. The van der Waals surface area contributed by atoms with Gasteiger partial charge in [0.05, 0.1) is 28.8 Å². The molecule has 0 aliphatic carbocycles. The van der Waals surface area contributed by atoms with Crippen LogP contribution in [0, 0.1) is 17.1 Å². The van der Waals surface area contributed by atoms with E-state index in [1.165, 1.54) is 12.1 Å². The van der Waals surface area contributed by atoms with E-state index in [0.29, 0.717) is 11.1 Å². The second kappa shape index (κ2) is 3.54. The van der Waals surface area contributed by atoms with Crippen molar-refractivity contribution in [3.05, 3.63) is 34.2 Å². The van der Waals surface area contributed by atoms with Gasteiger partial charge in [0, 0.05) is 11.1 Å². The molecule has 0 spiro atoms. The van der Waals surface area contributed by atoms with Crippen molar-refractivity contribution < 1.29 is 9.50 Å². The number of fused-ring (bicyclic) bond motifs is 1. The van der Waals surface area contributed by atoms with Crippen LogP contribution >= 0.6 is 11.6 Å². The maximum atomic E-state index is 13.5. The third-order valence-electron chi connectivity index (χ3n) is 2.15. The maximum Gasteiger partial charge on any atom is 0.165 e. The topological polar surface area (TPSA) is 59.8 Å². The van der Waals surface area contributed by atoms with Gasteiger partial charge in [-0.05, 0) is 12.1 Å². The van der Waals surface area contributed by atoms with Crippen LogP contribution in [0.3, 0.4) is 0 Å². The highest BCUT2D eigenvalue weighted by Crippen LogP contribution is 2.28. The van der Waals surface area contributed by atoms with E-state index >= 15 is 0 Å². The summed E-state index contributed by atoms with van der Waals surface area (Å²) in [7, 11) is 0. The molecule has 0 unspecified atom stereocenters. The first-order valence-electron chi connectivity index (χ1n) is 4.18. The van der Waals surface area contributed by atoms with Crippen molar-refractivity contribution in [3.8, 4) is 6.07 Å². The molecule has 1 aromatic carbocycles. The Labute approximate surface area is 89.7 Å². The zero-order valence-electron chi connectivity index (χ0n) is 7.51. The summed E-state index contributed by atoms with van der Waals surface area (Å²) < 4.78 is 13.5. The van der Waals surface area contributed by atoms with Gasteiger partial charge >= 0.3 is 0 Å². The molecule has 2 N–H and O–H groups in total. The molecule has 0 atom stereocenters. The summed E-state index contributed by atoms with van der Waals surface area (Å²) in [6.45, 7) is -0.239. The number of nitrogens with zero attached hydrogens (tertiary/aromatic N) is 1. The van der Waals surface area contributed by atoms with E-state index in [2.05, 4.69) is 4.98 Å². The predicted molar refractivity (Wildman–Crippen MR) is 53.9 cm³/mol. The number of nitrogens with one attached hydrogen (secondary N) is 1. The van der Waals surface area contributed by atoms with Crippen molar-refractivity contribution in [1.29, 1.82) is 5.26 Å². The van der Waals surface area contributed by atoms with E-state index in [-0.39, 0.29) is 22.7 Å². The Morgan fingerprint density at radius 2 is 2.27 bits per heavy atom. The standard InChI is InChI=1S/C10H6ClFN2O/c11-8-1-5(3-13)7-2-6(4-15)14-10(7)9(8)12/h1-2,14-15H,4H2. The quantitative estimate of drug-likeness (QED) is 0.781. The lowest BCUT2D eigenvalue weighted by atomic mass is 10.1. The lowest BCUT2D eigenvalue weighted by Gasteiger charge is -1.97. The molecule has 76 valence electrons. The summed E-state index contributed by atoms with van der Waals surface area (Å²) in [4.78, 5) is 2.67. The van der Waals surface area contributed by atoms with Gasteiger partial charge in [-0.2, -0.15) is 5.26 Å². The maximum absolute atomic E-state index is 13.5. The minimum atomic E-state index is -0.606. The minimum Gasteiger partial charge on any atom is -0.390 e. The van der Waals surface area contributed by atoms with E-state index in [0.717, 1.165) is 0 Å². The zero-order valence-corrected chi connectivity index (χ0v) is 8.27. The molecule has 0 bridgehead atoms. The highest BCUT2D eigenvalue weighted by Gasteiger charge is 2.13. The fraction of sp³-hybridized carbons (Fsp3) is 0.100. The minimum absolute atomic E-state index is 0.106. The van der Waals surface area contributed by atoms with Crippen molar-refractivity contribution in [2.75, 3.05) is 0 Å². The number of hydrogen-bond acceptors (Lipinski definition) is 2. The van der Waals surface area contributed by atoms with Crippen molar-refractivity contribution in [2.45, 2.75) is 6.61 Å². The Morgan fingerprint density at radius 3 is 2.87 bits per heavy atom. The van der Waals surface area contributed by atoms with Crippen LogP contribution in [-0.2, 0) is 6.61 Å². The number of aliphatic hydroxyl groups is 1. The molecule has 0 aliphatic heterocycles. The predicted octanol–water partition coefficient (Wildman–Crippen LogP) is 2.32. The Morgan fingerprint density at radius 1 is 1.53 bits per heavy atom. The molecule has 1 heterocycles. The van der Waals surface area contributed by atoms with E-state index in [1.54, 1.807) is 0 Å². The Hall–Kier alpha value is -1.57. The van der Waals surface area contributed by atoms with Gasteiger partial charge in [-0.1, -0.05) is 11.6 Å². The molecule has 3 nitrogen and oxygen atoms in total. The summed E-state index contributed by atoms with van der Waals surface area (Å²) in [6, 6.07) is 4.73. The summed E-state index contributed by atoms with van der Waals surface area (Å²) in [5.41, 5.74) is 0.887. The first-order valence-corrected chi connectivity index (χ1v) is 4.55. The number of aromatic amines is 1. The smallest absolute Gasteiger partial charge is 0.165 e. The molecule has 0 fully saturated rings. The van der Waals surface area contributed by atoms with E-state index in [4.69, 9.17) is 22.0 Å². The number of H-pyrrole nitrogens is 1. The Kier molecular flexibility index (Phi) is 2.35. The molecular weight excluding hydrogens is 219 g/mol. The lowest BCUT2D eigenvalue weighted by Crippen LogP contribution is -1.85. The normalized spacial score (nSPS) is 10.5. The zero-order chi connectivity index (χ0) is 11.0. The van der Waals surface area contributed by atoms with Crippen LogP contribution in [0.15, 0.2) is 12.1 Å². The molecular formula is C10H6ClFN2O. The second-order valence-electron chi connectivity index (χ2n) is 3.07. The van der Waals surface area contributed by atoms with Crippen molar-refractivity contribution >= 4 is 22.5 Å². The van der Waals surface area contributed by atoms with Crippen LogP contribution in [0.4, 0.5) is 4.39 Å². The number of hydrogen-bond donors (Lipinski definition) is 2. The number of nitriles is 1. The van der Waals surface area contributed by atoms with Crippen LogP contribution < -0.4 is 0 Å². The summed E-state index contributed by atoms with van der Waals surface area (Å²) >= 11 is 5.62. The van der Waals surface area contributed by atoms with Crippen LogP contribution in [0.1, 0.15) is 11.3 Å². The molecule has 0 saturated heterocycles. The summed E-state index contributed by atoms with van der Waals surface area (Å²) in [5, 5.41) is 18.0. The Balaban J connectivity index is 2.88. The molecule has 0 radical (unpaired) electrons. The van der Waals surface area contributed by atoms with Crippen LogP contribution in [-0.4, -0.2) is 10.1 Å². The molecule has 0 saturated carbocycles. The molecule has 1 aromatic heterocycles. The van der Waals surface area contributed by atoms with Gasteiger partial charge in [0.15, 0.2) is 5.82 Å². The van der Waals surface area contributed by atoms with Crippen LogP contribution in [0.25, 0.3) is 10.9 Å². The average molecular weight is 225 g/mol. The van der Waals surface area contributed by atoms with Gasteiger partial charge in [0.1, 0.15) is 0 Å². The summed E-state index contributed by atoms with van der Waals surface area (Å²) in [5.74, 6) is -0.606. The molecule has 15 heavy (non-hydrogen) atoms. The van der Waals surface area contributed by atoms with Gasteiger partial charge in [-0.3, -0.25) is 0 Å². The highest BCUT2D eigenvalue weighted by atomic mass is 35.5. The first-order chi connectivity index (χ1) is 7.17. The number of benzene rings is 1. The number of aromatic nitrogens is 1. The molecule has 2 rings (SSSR count). The third-order valence-corrected chi connectivity index (χ3v) is 2.43. The molecule has 2 aromatic rings. The summed E-state index contributed by atoms with van der Waals surface area (Å²) in [6.07, 6.45) is 0. The fourth-order valence-corrected chi connectivity index (χ4v) is 1.66. The number of halogens is 2. The van der Waals surface area contributed by atoms with Gasteiger partial charge < -0.3 is 10.1 Å². The van der Waals surface area contributed by atoms with Gasteiger partial charge in [-0.25, -0.2) is 4.39 Å². The third kappa shape index (κ3) is 1.46. The number of aliphatic hydroxyl groups excluding tert-OH is 1. The highest BCUT2D eigenvalue weighted by molar-refractivity contribution is 6.31. The van der Waals surface area contributed by atoms with Crippen molar-refractivity contribution in [3.63, 3.8) is 0 Å². The fourth-order valence-electron chi connectivity index (χ4n) is 1.46. The second-order valence-corrected chi connectivity index (χ2v) is 3.48. The number of rotatable bonds is 1. The SMILES string of the molecule is N#Cc1cc(Cl)c(F)c2[nH]c(CO)cc12. The largest absolute Gasteiger partial charge is 0.390 e. The molecule has 5 heteroatoms. The Bertz CT molecular complexity index is 571. The van der Waals surface area contributed by atoms with Gasteiger partial charge in [0.25, 0.3) is 0 Å². The first kappa shape index (κ1) is 9.97.